The van der Waals surface area contributed by atoms with Gasteiger partial charge in [-0.1, -0.05) is 67.1 Å². The molecule has 2 heterocycles. The number of hydrogen-bond acceptors (Lipinski definition) is 4. The highest BCUT2D eigenvalue weighted by Gasteiger charge is 2.28. The molecule has 0 saturated carbocycles. The normalized spacial score (nSPS) is 15.1. The van der Waals surface area contributed by atoms with Crippen molar-refractivity contribution in [2.24, 2.45) is 0 Å². The maximum atomic E-state index is 13.2. The number of anilines is 1. The lowest BCUT2D eigenvalue weighted by Crippen LogP contribution is -2.50. The number of aryl methyl sites for hydroxylation is 2. The first-order chi connectivity index (χ1) is 15.0. The highest BCUT2D eigenvalue weighted by molar-refractivity contribution is 5.84. The Kier molecular flexibility index (Phi) is 6.31. The molecule has 1 atom stereocenters. The Morgan fingerprint density at radius 1 is 0.935 bits per heavy atom. The van der Waals surface area contributed by atoms with Crippen LogP contribution in [-0.4, -0.2) is 47.0 Å². The fourth-order valence-electron chi connectivity index (χ4n) is 4.16. The van der Waals surface area contributed by atoms with Crippen LogP contribution in [0.1, 0.15) is 36.1 Å². The van der Waals surface area contributed by atoms with Gasteiger partial charge in [-0.15, -0.1) is 0 Å². The van der Waals surface area contributed by atoms with Crippen LogP contribution in [-0.2, 0) is 4.79 Å². The molecule has 0 aliphatic carbocycles. The summed E-state index contributed by atoms with van der Waals surface area (Å²) in [5, 5.41) is 0. The Bertz CT molecular complexity index is 1030. The van der Waals surface area contributed by atoms with Gasteiger partial charge in [0.05, 0.1) is 5.92 Å². The third-order valence-corrected chi connectivity index (χ3v) is 5.97. The molecule has 1 fully saturated rings. The van der Waals surface area contributed by atoms with Gasteiger partial charge in [-0.3, -0.25) is 4.79 Å². The van der Waals surface area contributed by atoms with E-state index in [-0.39, 0.29) is 11.8 Å². The Morgan fingerprint density at radius 2 is 1.61 bits per heavy atom. The molecule has 5 heteroatoms. The molecule has 0 unspecified atom stereocenters. The molecule has 1 aliphatic heterocycles. The van der Waals surface area contributed by atoms with Crippen molar-refractivity contribution in [2.75, 3.05) is 31.1 Å². The van der Waals surface area contributed by atoms with E-state index in [2.05, 4.69) is 60.1 Å². The zero-order valence-electron chi connectivity index (χ0n) is 18.6. The van der Waals surface area contributed by atoms with E-state index < -0.39 is 0 Å². The van der Waals surface area contributed by atoms with E-state index in [9.17, 15) is 4.79 Å². The second kappa shape index (κ2) is 9.29. The largest absolute Gasteiger partial charge is 0.353 e. The fourth-order valence-corrected chi connectivity index (χ4v) is 4.16. The number of nitrogens with zero attached hydrogens (tertiary/aromatic N) is 4. The van der Waals surface area contributed by atoms with Gasteiger partial charge in [0.1, 0.15) is 5.82 Å². The maximum Gasteiger partial charge on any atom is 0.230 e. The van der Waals surface area contributed by atoms with Crippen LogP contribution in [0.2, 0.25) is 0 Å². The van der Waals surface area contributed by atoms with Crippen molar-refractivity contribution in [2.45, 2.75) is 33.1 Å². The zero-order valence-corrected chi connectivity index (χ0v) is 18.6. The number of carbonyl (C=O) groups is 1. The minimum absolute atomic E-state index is 0.0674. The average Bonchev–Trinajstić information content (AvgIpc) is 2.80. The van der Waals surface area contributed by atoms with E-state index in [1.807, 2.05) is 36.1 Å². The highest BCUT2D eigenvalue weighted by Crippen LogP contribution is 2.25. The lowest BCUT2D eigenvalue weighted by molar-refractivity contribution is -0.133. The molecule has 1 aromatic heterocycles. The summed E-state index contributed by atoms with van der Waals surface area (Å²) >= 11 is 0. The molecule has 0 N–H and O–H groups in total. The SMILES string of the molecule is CC[C@H](C(=O)N1CCN(c2cc(C)nc(-c3ccc(C)cc3)n2)CC1)c1ccccc1. The van der Waals surface area contributed by atoms with Crippen LogP contribution in [0.5, 0.6) is 0 Å². The monoisotopic (exact) mass is 414 g/mol. The number of amides is 1. The summed E-state index contributed by atoms with van der Waals surface area (Å²) in [5.74, 6) is 1.85. The van der Waals surface area contributed by atoms with Gasteiger partial charge in [0, 0.05) is 43.5 Å². The predicted molar refractivity (Wildman–Crippen MR) is 125 cm³/mol. The van der Waals surface area contributed by atoms with Gasteiger partial charge in [-0.2, -0.15) is 0 Å². The molecule has 31 heavy (non-hydrogen) atoms. The second-order valence-corrected chi connectivity index (χ2v) is 8.24. The molecular formula is C26H30N4O. The van der Waals surface area contributed by atoms with Crippen molar-refractivity contribution >= 4 is 11.7 Å². The summed E-state index contributed by atoms with van der Waals surface area (Å²) in [6, 6.07) is 20.5. The fraction of sp³-hybridized carbons (Fsp3) is 0.346. The van der Waals surface area contributed by atoms with E-state index in [0.717, 1.165) is 48.0 Å². The van der Waals surface area contributed by atoms with Gasteiger partial charge in [-0.25, -0.2) is 9.97 Å². The van der Waals surface area contributed by atoms with Crippen LogP contribution in [0.3, 0.4) is 0 Å². The summed E-state index contributed by atoms with van der Waals surface area (Å²) in [5.41, 5.74) is 4.30. The van der Waals surface area contributed by atoms with Crippen LogP contribution in [0.15, 0.2) is 60.7 Å². The van der Waals surface area contributed by atoms with Crippen LogP contribution in [0, 0.1) is 13.8 Å². The predicted octanol–water partition coefficient (Wildman–Crippen LogP) is 4.60. The van der Waals surface area contributed by atoms with Gasteiger partial charge in [0.25, 0.3) is 0 Å². The third kappa shape index (κ3) is 4.76. The lowest BCUT2D eigenvalue weighted by Gasteiger charge is -2.37. The smallest absolute Gasteiger partial charge is 0.230 e. The van der Waals surface area contributed by atoms with E-state index in [4.69, 9.17) is 4.98 Å². The van der Waals surface area contributed by atoms with Gasteiger partial charge < -0.3 is 9.80 Å². The molecule has 1 aliphatic rings. The first-order valence-electron chi connectivity index (χ1n) is 11.1. The van der Waals surface area contributed by atoms with Crippen molar-refractivity contribution in [1.82, 2.24) is 14.9 Å². The van der Waals surface area contributed by atoms with Gasteiger partial charge in [0.15, 0.2) is 5.82 Å². The molecule has 4 rings (SSSR count). The van der Waals surface area contributed by atoms with Crippen molar-refractivity contribution < 1.29 is 4.79 Å². The number of hydrogen-bond donors (Lipinski definition) is 0. The summed E-state index contributed by atoms with van der Waals surface area (Å²) < 4.78 is 0. The van der Waals surface area contributed by atoms with Crippen molar-refractivity contribution in [1.29, 1.82) is 0 Å². The van der Waals surface area contributed by atoms with Gasteiger partial charge in [0.2, 0.25) is 5.91 Å². The minimum atomic E-state index is -0.0674. The van der Waals surface area contributed by atoms with Crippen molar-refractivity contribution in [3.8, 4) is 11.4 Å². The molecule has 1 saturated heterocycles. The van der Waals surface area contributed by atoms with Crippen LogP contribution in [0.25, 0.3) is 11.4 Å². The standard InChI is InChI=1S/C26H30N4O/c1-4-23(21-8-6-5-7-9-21)26(31)30-16-14-29(15-17-30)24-18-20(3)27-25(28-24)22-12-10-19(2)11-13-22/h5-13,18,23H,4,14-17H2,1-3H3/t23-/m0/s1. The molecule has 1 amide bonds. The van der Waals surface area contributed by atoms with Crippen LogP contribution in [0.4, 0.5) is 5.82 Å². The molecule has 160 valence electrons. The summed E-state index contributed by atoms with van der Waals surface area (Å²) in [7, 11) is 0. The van der Waals surface area contributed by atoms with Crippen molar-refractivity contribution in [3.05, 3.63) is 77.5 Å². The first kappa shape index (κ1) is 21.0. The first-order valence-corrected chi connectivity index (χ1v) is 11.1. The number of aromatic nitrogens is 2. The van der Waals surface area contributed by atoms with Crippen LogP contribution < -0.4 is 4.90 Å². The minimum Gasteiger partial charge on any atom is -0.353 e. The van der Waals surface area contributed by atoms with E-state index in [1.165, 1.54) is 5.56 Å². The molecule has 0 radical (unpaired) electrons. The van der Waals surface area contributed by atoms with E-state index in [0.29, 0.717) is 13.1 Å². The molecule has 5 nitrogen and oxygen atoms in total. The second-order valence-electron chi connectivity index (χ2n) is 8.24. The Labute approximate surface area is 184 Å². The lowest BCUT2D eigenvalue weighted by atomic mass is 9.95. The van der Waals surface area contributed by atoms with E-state index >= 15 is 0 Å². The van der Waals surface area contributed by atoms with Crippen molar-refractivity contribution in [3.63, 3.8) is 0 Å². The highest BCUT2D eigenvalue weighted by atomic mass is 16.2. The summed E-state index contributed by atoms with van der Waals surface area (Å²) in [6.07, 6.45) is 0.814. The topological polar surface area (TPSA) is 49.3 Å². The molecule has 0 bridgehead atoms. The van der Waals surface area contributed by atoms with Gasteiger partial charge in [-0.05, 0) is 25.8 Å². The number of benzene rings is 2. The number of carbonyl (C=O) groups excluding carboxylic acids is 1. The summed E-state index contributed by atoms with van der Waals surface area (Å²) in [4.78, 5) is 26.9. The van der Waals surface area contributed by atoms with Crippen LogP contribution >= 0.6 is 0 Å². The molecular weight excluding hydrogens is 384 g/mol. The van der Waals surface area contributed by atoms with E-state index in [1.54, 1.807) is 0 Å². The zero-order chi connectivity index (χ0) is 21.8. The Hall–Kier alpha value is -3.21. The Morgan fingerprint density at radius 3 is 2.26 bits per heavy atom. The third-order valence-electron chi connectivity index (χ3n) is 5.97. The Balaban J connectivity index is 1.46. The molecule has 2 aromatic carbocycles. The quantitative estimate of drug-likeness (QED) is 0.612. The van der Waals surface area contributed by atoms with Gasteiger partial charge >= 0.3 is 0 Å². The summed E-state index contributed by atoms with van der Waals surface area (Å²) in [6.45, 7) is 9.15. The number of rotatable bonds is 5. The number of piperazine rings is 1. The average molecular weight is 415 g/mol. The molecule has 3 aromatic rings. The molecule has 0 spiro atoms. The maximum absolute atomic E-state index is 13.2.